The van der Waals surface area contributed by atoms with Crippen molar-refractivity contribution in [1.82, 2.24) is 9.97 Å². The minimum Gasteiger partial charge on any atom is -0.322 e. The van der Waals surface area contributed by atoms with E-state index in [1.807, 2.05) is 66.0 Å². The van der Waals surface area contributed by atoms with Crippen molar-refractivity contribution in [3.8, 4) is 21.8 Å². The number of hydrogen-bond acceptors (Lipinski definition) is 4. The lowest BCUT2D eigenvalue weighted by atomic mass is 9.87. The minimum absolute atomic E-state index is 0.0615. The Bertz CT molecular complexity index is 1160. The summed E-state index contributed by atoms with van der Waals surface area (Å²) in [6, 6.07) is 19.4. The monoisotopic (exact) mass is 413 g/mol. The Labute approximate surface area is 180 Å². The van der Waals surface area contributed by atoms with Gasteiger partial charge in [0.1, 0.15) is 5.01 Å². The van der Waals surface area contributed by atoms with Crippen LogP contribution in [-0.4, -0.2) is 15.9 Å². The van der Waals surface area contributed by atoms with Crippen molar-refractivity contribution in [2.45, 2.75) is 26.2 Å². The second-order valence-corrected chi connectivity index (χ2v) is 8.99. The molecule has 0 saturated heterocycles. The van der Waals surface area contributed by atoms with Gasteiger partial charge < -0.3 is 5.32 Å². The number of carbonyl (C=O) groups is 1. The van der Waals surface area contributed by atoms with Gasteiger partial charge in [-0.2, -0.15) is 0 Å². The number of thiazole rings is 1. The van der Waals surface area contributed by atoms with Gasteiger partial charge in [0.05, 0.1) is 5.69 Å². The van der Waals surface area contributed by atoms with Crippen molar-refractivity contribution in [3.63, 3.8) is 0 Å². The summed E-state index contributed by atoms with van der Waals surface area (Å²) in [7, 11) is 0. The van der Waals surface area contributed by atoms with E-state index in [4.69, 9.17) is 4.98 Å². The molecule has 0 fully saturated rings. The molecule has 0 bridgehead atoms. The Balaban J connectivity index is 1.51. The van der Waals surface area contributed by atoms with Crippen molar-refractivity contribution in [1.29, 1.82) is 0 Å². The number of anilines is 1. The average molecular weight is 414 g/mol. The molecule has 2 aromatic carbocycles. The molecule has 30 heavy (non-hydrogen) atoms. The summed E-state index contributed by atoms with van der Waals surface area (Å²) < 4.78 is 0. The molecule has 4 rings (SSSR count). The first-order valence-corrected chi connectivity index (χ1v) is 10.7. The molecular formula is C25H23N3OS. The number of hydrogen-bond donors (Lipinski definition) is 1. The van der Waals surface area contributed by atoms with E-state index in [1.165, 1.54) is 5.56 Å². The van der Waals surface area contributed by atoms with Gasteiger partial charge in [0.15, 0.2) is 0 Å². The van der Waals surface area contributed by atoms with Gasteiger partial charge in [-0.05, 0) is 47.4 Å². The molecule has 0 radical (unpaired) electrons. The Morgan fingerprint density at radius 3 is 2.37 bits per heavy atom. The van der Waals surface area contributed by atoms with Crippen LogP contribution in [0.5, 0.6) is 0 Å². The molecule has 0 saturated carbocycles. The third-order valence-corrected chi connectivity index (χ3v) is 5.75. The molecule has 4 aromatic rings. The van der Waals surface area contributed by atoms with Crippen LogP contribution in [0, 0.1) is 0 Å². The zero-order valence-electron chi connectivity index (χ0n) is 17.2. The largest absolute Gasteiger partial charge is 0.322 e. The molecule has 0 aliphatic rings. The number of nitrogens with one attached hydrogen (secondary N) is 1. The normalized spacial score (nSPS) is 11.3. The second kappa shape index (κ2) is 8.20. The highest BCUT2D eigenvalue weighted by Crippen LogP contribution is 2.30. The van der Waals surface area contributed by atoms with Crippen molar-refractivity contribution >= 4 is 22.9 Å². The maximum atomic E-state index is 12.7. The lowest BCUT2D eigenvalue weighted by molar-refractivity contribution is 0.102. The van der Waals surface area contributed by atoms with Crippen molar-refractivity contribution in [2.75, 3.05) is 5.32 Å². The number of nitrogens with zero attached hydrogens (tertiary/aromatic N) is 2. The number of carbonyl (C=O) groups excluding carboxylic acids is 1. The van der Waals surface area contributed by atoms with E-state index in [0.29, 0.717) is 5.56 Å². The Hall–Kier alpha value is -3.31. The zero-order chi connectivity index (χ0) is 21.1. The summed E-state index contributed by atoms with van der Waals surface area (Å²) in [4.78, 5) is 21.5. The summed E-state index contributed by atoms with van der Waals surface area (Å²) in [6.07, 6.45) is 3.53. The van der Waals surface area contributed by atoms with Crippen LogP contribution in [0.2, 0.25) is 0 Å². The Morgan fingerprint density at radius 1 is 0.933 bits per heavy atom. The van der Waals surface area contributed by atoms with E-state index in [2.05, 4.69) is 31.1 Å². The quantitative estimate of drug-likeness (QED) is 0.420. The van der Waals surface area contributed by atoms with E-state index in [-0.39, 0.29) is 11.3 Å². The van der Waals surface area contributed by atoms with Crippen LogP contribution < -0.4 is 5.32 Å². The van der Waals surface area contributed by atoms with Crippen LogP contribution in [0.1, 0.15) is 36.7 Å². The van der Waals surface area contributed by atoms with Gasteiger partial charge in [-0.1, -0.05) is 45.0 Å². The molecule has 2 heterocycles. The highest BCUT2D eigenvalue weighted by atomic mass is 32.1. The van der Waals surface area contributed by atoms with E-state index < -0.39 is 0 Å². The molecule has 0 atom stereocenters. The smallest absolute Gasteiger partial charge is 0.255 e. The van der Waals surface area contributed by atoms with Gasteiger partial charge in [0, 0.05) is 40.2 Å². The molecular weight excluding hydrogens is 390 g/mol. The lowest BCUT2D eigenvalue weighted by Gasteiger charge is -2.19. The molecule has 0 unspecified atom stereocenters. The van der Waals surface area contributed by atoms with Crippen molar-refractivity contribution in [3.05, 3.63) is 89.6 Å². The van der Waals surface area contributed by atoms with E-state index >= 15 is 0 Å². The molecule has 5 heteroatoms. The van der Waals surface area contributed by atoms with Crippen LogP contribution >= 0.6 is 11.3 Å². The molecule has 0 aliphatic carbocycles. The summed E-state index contributed by atoms with van der Waals surface area (Å²) in [5.41, 5.74) is 5.55. The Morgan fingerprint density at radius 2 is 1.67 bits per heavy atom. The van der Waals surface area contributed by atoms with Gasteiger partial charge in [-0.3, -0.25) is 9.78 Å². The summed E-state index contributed by atoms with van der Waals surface area (Å²) in [5.74, 6) is -0.122. The number of pyridine rings is 1. The second-order valence-electron chi connectivity index (χ2n) is 8.14. The average Bonchev–Trinajstić information content (AvgIpc) is 3.24. The fourth-order valence-electron chi connectivity index (χ4n) is 3.11. The zero-order valence-corrected chi connectivity index (χ0v) is 18.0. The van der Waals surface area contributed by atoms with Crippen LogP contribution in [0.25, 0.3) is 21.8 Å². The van der Waals surface area contributed by atoms with Crippen molar-refractivity contribution < 1.29 is 4.79 Å². The van der Waals surface area contributed by atoms with E-state index in [0.717, 1.165) is 27.5 Å². The van der Waals surface area contributed by atoms with Crippen molar-refractivity contribution in [2.24, 2.45) is 0 Å². The number of amides is 1. The van der Waals surface area contributed by atoms with Gasteiger partial charge >= 0.3 is 0 Å². The predicted octanol–water partition coefficient (Wildman–Crippen LogP) is 6.42. The third-order valence-electron chi connectivity index (χ3n) is 4.86. The molecule has 0 aliphatic heterocycles. The summed E-state index contributed by atoms with van der Waals surface area (Å²) >= 11 is 1.59. The van der Waals surface area contributed by atoms with Crippen LogP contribution in [0.15, 0.2) is 78.4 Å². The Kier molecular flexibility index (Phi) is 5.46. The van der Waals surface area contributed by atoms with Crippen LogP contribution in [-0.2, 0) is 5.41 Å². The minimum atomic E-state index is -0.122. The fraction of sp³-hybridized carbons (Fsp3) is 0.160. The maximum Gasteiger partial charge on any atom is 0.255 e. The van der Waals surface area contributed by atoms with Gasteiger partial charge in [0.2, 0.25) is 0 Å². The molecule has 150 valence electrons. The van der Waals surface area contributed by atoms with Crippen LogP contribution in [0.4, 0.5) is 5.69 Å². The highest BCUT2D eigenvalue weighted by molar-refractivity contribution is 7.13. The van der Waals surface area contributed by atoms with Gasteiger partial charge in [-0.25, -0.2) is 4.98 Å². The van der Waals surface area contributed by atoms with Gasteiger partial charge in [-0.15, -0.1) is 11.3 Å². The molecule has 1 N–H and O–H groups in total. The molecule has 4 nitrogen and oxygen atoms in total. The maximum absolute atomic E-state index is 12.7. The summed E-state index contributed by atoms with van der Waals surface area (Å²) in [6.45, 7) is 6.48. The fourth-order valence-corrected chi connectivity index (χ4v) is 3.95. The first-order valence-electron chi connectivity index (χ1n) is 9.78. The third kappa shape index (κ3) is 4.47. The molecule has 2 aromatic heterocycles. The van der Waals surface area contributed by atoms with Gasteiger partial charge in [0.25, 0.3) is 5.91 Å². The van der Waals surface area contributed by atoms with Crippen LogP contribution in [0.3, 0.4) is 0 Å². The molecule has 1 amide bonds. The number of benzene rings is 2. The lowest BCUT2D eigenvalue weighted by Crippen LogP contribution is -2.14. The summed E-state index contributed by atoms with van der Waals surface area (Å²) in [5, 5.41) is 5.97. The van der Waals surface area contributed by atoms with E-state index in [1.54, 1.807) is 23.7 Å². The standard InChI is InChI=1S/C25H23N3OS/c1-25(2,3)20-9-7-17(8-10-20)23(29)27-21-6-4-5-19(15-21)22-16-30-24(28-22)18-11-13-26-14-12-18/h4-16H,1-3H3,(H,27,29). The molecule has 0 spiro atoms. The first-order chi connectivity index (χ1) is 14.4. The highest BCUT2D eigenvalue weighted by Gasteiger charge is 2.14. The number of aromatic nitrogens is 2. The number of rotatable bonds is 4. The predicted molar refractivity (Wildman–Crippen MR) is 124 cm³/mol. The first kappa shape index (κ1) is 20.0. The topological polar surface area (TPSA) is 54.9 Å². The SMILES string of the molecule is CC(C)(C)c1ccc(C(=O)Nc2cccc(-c3csc(-c4ccncc4)n3)c2)cc1. The van der Waals surface area contributed by atoms with E-state index in [9.17, 15) is 4.79 Å².